The largest absolute Gasteiger partial charge is 0.491 e. The van der Waals surface area contributed by atoms with Gasteiger partial charge in [0.1, 0.15) is 18.6 Å². The maximum Gasteiger partial charge on any atom is 0.313 e. The number of aldehydes is 1. The van der Waals surface area contributed by atoms with Crippen molar-refractivity contribution in [2.75, 3.05) is 99.1 Å². The molecule has 0 radical (unpaired) electrons. The summed E-state index contributed by atoms with van der Waals surface area (Å²) < 4.78 is 113. The van der Waals surface area contributed by atoms with Gasteiger partial charge in [0.05, 0.1) is 98.9 Å². The van der Waals surface area contributed by atoms with Gasteiger partial charge in [-0.1, -0.05) is 0 Å². The predicted octanol–water partition coefficient (Wildman–Crippen LogP) is 3.69. The van der Waals surface area contributed by atoms with Gasteiger partial charge in [-0.05, 0) is 24.3 Å². The molecule has 0 fully saturated rings. The second-order valence-electron chi connectivity index (χ2n) is 8.95. The Hall–Kier alpha value is -3.25. The molecule has 46 heavy (non-hydrogen) atoms. The first-order chi connectivity index (χ1) is 22.3. The van der Waals surface area contributed by atoms with E-state index in [4.69, 9.17) is 37.9 Å². The second kappa shape index (κ2) is 24.0. The minimum absolute atomic E-state index is 0.0779. The predicted molar refractivity (Wildman–Crippen MR) is 150 cm³/mol. The first kappa shape index (κ1) is 38.9. The SMILES string of the molecule is O=Cc1ccc(OCCOCCOCCOCCOCCOCCOCCOCCC(=O)Oc2c(F)c(F)c(F)c(F)c2F)cc1. The van der Waals surface area contributed by atoms with Crippen molar-refractivity contribution in [3.8, 4) is 11.5 Å². The molecule has 2 rings (SSSR count). The highest BCUT2D eigenvalue weighted by Gasteiger charge is 2.28. The molecular weight excluding hydrogens is 631 g/mol. The van der Waals surface area contributed by atoms with Crippen molar-refractivity contribution in [2.24, 2.45) is 0 Å². The summed E-state index contributed by atoms with van der Waals surface area (Å²) in [5, 5.41) is 0. The molecule has 0 aliphatic carbocycles. The molecule has 0 saturated heterocycles. The van der Waals surface area contributed by atoms with E-state index in [1.165, 1.54) is 0 Å². The van der Waals surface area contributed by atoms with Crippen molar-refractivity contribution >= 4 is 12.3 Å². The van der Waals surface area contributed by atoms with E-state index in [2.05, 4.69) is 4.74 Å². The smallest absolute Gasteiger partial charge is 0.313 e. The minimum Gasteiger partial charge on any atom is -0.491 e. The lowest BCUT2D eigenvalue weighted by atomic mass is 10.2. The number of rotatable bonds is 27. The fourth-order valence-corrected chi connectivity index (χ4v) is 3.28. The molecular formula is C30H37F5O11. The van der Waals surface area contributed by atoms with Gasteiger partial charge in [0.25, 0.3) is 0 Å². The highest BCUT2D eigenvalue weighted by atomic mass is 19.2. The molecule has 2 aromatic rings. The van der Waals surface area contributed by atoms with Crippen LogP contribution in [-0.4, -0.2) is 111 Å². The summed E-state index contributed by atoms with van der Waals surface area (Å²) in [7, 11) is 0. The summed E-state index contributed by atoms with van der Waals surface area (Å²) in [4.78, 5) is 22.2. The second-order valence-corrected chi connectivity index (χ2v) is 8.95. The Balaban J connectivity index is 1.27. The third-order valence-electron chi connectivity index (χ3n) is 5.58. The zero-order chi connectivity index (χ0) is 33.4. The van der Waals surface area contributed by atoms with Crippen molar-refractivity contribution in [1.82, 2.24) is 0 Å². The summed E-state index contributed by atoms with van der Waals surface area (Å²) in [6.07, 6.45) is 0.282. The molecule has 0 aliphatic rings. The van der Waals surface area contributed by atoms with E-state index in [1.807, 2.05) is 0 Å². The third kappa shape index (κ3) is 15.8. The van der Waals surface area contributed by atoms with Gasteiger partial charge in [-0.25, -0.2) is 13.2 Å². The van der Waals surface area contributed by atoms with Gasteiger partial charge < -0.3 is 42.6 Å². The Morgan fingerprint density at radius 1 is 0.500 bits per heavy atom. The van der Waals surface area contributed by atoms with Crippen LogP contribution in [0.25, 0.3) is 0 Å². The van der Waals surface area contributed by atoms with Crippen molar-refractivity contribution in [3.05, 3.63) is 58.9 Å². The van der Waals surface area contributed by atoms with Crippen LogP contribution in [0.15, 0.2) is 24.3 Å². The lowest BCUT2D eigenvalue weighted by Gasteiger charge is -2.09. The maximum absolute atomic E-state index is 13.5. The Bertz CT molecular complexity index is 1130. The monoisotopic (exact) mass is 668 g/mol. The molecule has 0 amide bonds. The van der Waals surface area contributed by atoms with E-state index in [1.54, 1.807) is 24.3 Å². The van der Waals surface area contributed by atoms with Gasteiger partial charge in [-0.3, -0.25) is 9.59 Å². The normalized spacial score (nSPS) is 11.2. The van der Waals surface area contributed by atoms with Gasteiger partial charge in [0.15, 0.2) is 0 Å². The highest BCUT2D eigenvalue weighted by molar-refractivity contribution is 5.74. The van der Waals surface area contributed by atoms with Crippen LogP contribution in [-0.2, 0) is 38.0 Å². The fourth-order valence-electron chi connectivity index (χ4n) is 3.28. The Morgan fingerprint density at radius 2 is 0.848 bits per heavy atom. The summed E-state index contributed by atoms with van der Waals surface area (Å²) in [5.41, 5.74) is 0.589. The van der Waals surface area contributed by atoms with E-state index in [9.17, 15) is 31.5 Å². The van der Waals surface area contributed by atoms with Crippen LogP contribution in [0.3, 0.4) is 0 Å². The summed E-state index contributed by atoms with van der Waals surface area (Å²) in [6, 6.07) is 6.81. The molecule has 0 aromatic heterocycles. The maximum atomic E-state index is 13.5. The molecule has 0 spiro atoms. The molecule has 0 aliphatic heterocycles. The van der Waals surface area contributed by atoms with E-state index >= 15 is 0 Å². The molecule has 2 aromatic carbocycles. The first-order valence-electron chi connectivity index (χ1n) is 14.3. The quantitative estimate of drug-likeness (QED) is 0.0264. The Kier molecular flexibility index (Phi) is 20.3. The topological polar surface area (TPSA) is 117 Å². The van der Waals surface area contributed by atoms with Crippen LogP contribution < -0.4 is 9.47 Å². The molecule has 16 heteroatoms. The Labute approximate surface area is 262 Å². The van der Waals surface area contributed by atoms with Crippen LogP contribution in [0, 0.1) is 29.1 Å². The highest BCUT2D eigenvalue weighted by Crippen LogP contribution is 2.29. The number of ether oxygens (including phenoxy) is 9. The van der Waals surface area contributed by atoms with Crippen LogP contribution in [0.5, 0.6) is 11.5 Å². The first-order valence-corrected chi connectivity index (χ1v) is 14.3. The molecule has 0 saturated carbocycles. The van der Waals surface area contributed by atoms with E-state index in [0.29, 0.717) is 84.0 Å². The minimum atomic E-state index is -2.35. The van der Waals surface area contributed by atoms with Crippen molar-refractivity contribution in [1.29, 1.82) is 0 Å². The lowest BCUT2D eigenvalue weighted by Crippen LogP contribution is -2.16. The van der Waals surface area contributed by atoms with Crippen LogP contribution in [0.2, 0.25) is 0 Å². The molecule has 0 unspecified atom stereocenters. The van der Waals surface area contributed by atoms with Gasteiger partial charge in [0.2, 0.25) is 34.8 Å². The zero-order valence-electron chi connectivity index (χ0n) is 25.1. The number of hydrogen-bond acceptors (Lipinski definition) is 11. The Morgan fingerprint density at radius 3 is 1.24 bits per heavy atom. The fraction of sp³-hybridized carbons (Fsp3) is 0.533. The van der Waals surface area contributed by atoms with Gasteiger partial charge >= 0.3 is 5.97 Å². The summed E-state index contributed by atoms with van der Waals surface area (Å²) >= 11 is 0. The number of esters is 1. The number of carbonyl (C=O) groups excluding carboxylic acids is 2. The van der Waals surface area contributed by atoms with Gasteiger partial charge in [-0.2, -0.15) is 8.78 Å². The van der Waals surface area contributed by atoms with E-state index < -0.39 is 47.2 Å². The molecule has 0 bridgehead atoms. The van der Waals surface area contributed by atoms with Crippen molar-refractivity contribution in [3.63, 3.8) is 0 Å². The summed E-state index contributed by atoms with van der Waals surface area (Å²) in [5.74, 6) is -13.5. The number of carbonyl (C=O) groups is 2. The lowest BCUT2D eigenvalue weighted by molar-refractivity contribution is -0.136. The average Bonchev–Trinajstić information content (AvgIpc) is 3.07. The summed E-state index contributed by atoms with van der Waals surface area (Å²) in [6.45, 7) is 4.62. The standard InChI is InChI=1S/C30H37F5O11/c31-25-26(32)28(34)30(29(35)27(25)33)46-24(37)5-6-38-7-8-39-9-10-40-11-12-41-13-14-42-15-16-43-17-18-44-19-20-45-23-3-1-22(21-36)2-4-23/h1-4,21H,5-20H2. The van der Waals surface area contributed by atoms with Crippen molar-refractivity contribution in [2.45, 2.75) is 6.42 Å². The van der Waals surface area contributed by atoms with Gasteiger partial charge in [0, 0.05) is 5.56 Å². The number of hydrogen-bond donors (Lipinski definition) is 0. The van der Waals surface area contributed by atoms with Gasteiger partial charge in [-0.15, -0.1) is 0 Å². The molecule has 0 N–H and O–H groups in total. The molecule has 0 heterocycles. The van der Waals surface area contributed by atoms with E-state index in [0.717, 1.165) is 6.29 Å². The van der Waals surface area contributed by atoms with Crippen LogP contribution in [0.4, 0.5) is 22.0 Å². The van der Waals surface area contributed by atoms with E-state index in [-0.39, 0.29) is 26.4 Å². The van der Waals surface area contributed by atoms with Crippen LogP contribution in [0.1, 0.15) is 16.8 Å². The molecule has 0 atom stereocenters. The van der Waals surface area contributed by atoms with Crippen molar-refractivity contribution < 1.29 is 74.2 Å². The zero-order valence-corrected chi connectivity index (χ0v) is 25.1. The molecule has 258 valence electrons. The number of benzene rings is 2. The number of halogens is 5. The van der Waals surface area contributed by atoms with Crippen LogP contribution >= 0.6 is 0 Å². The molecule has 11 nitrogen and oxygen atoms in total. The third-order valence-corrected chi connectivity index (χ3v) is 5.58. The average molecular weight is 669 g/mol.